The number of carbonyl (C=O) groups excluding carboxylic acids is 1. The van der Waals surface area contributed by atoms with Crippen LogP contribution in [0.25, 0.3) is 0 Å². The molecule has 0 saturated heterocycles. The van der Waals surface area contributed by atoms with Gasteiger partial charge in [0.15, 0.2) is 0 Å². The maximum absolute atomic E-state index is 12.1. The van der Waals surface area contributed by atoms with Crippen molar-refractivity contribution in [2.24, 2.45) is 0 Å². The molecule has 0 radical (unpaired) electrons. The highest BCUT2D eigenvalue weighted by Gasteiger charge is 2.16. The van der Waals surface area contributed by atoms with Crippen molar-refractivity contribution in [3.8, 4) is 0 Å². The average molecular weight is 299 g/mol. The van der Waals surface area contributed by atoms with Gasteiger partial charge in [-0.3, -0.25) is 4.79 Å². The van der Waals surface area contributed by atoms with E-state index in [9.17, 15) is 14.4 Å². The van der Waals surface area contributed by atoms with Crippen LogP contribution in [0, 0.1) is 6.92 Å². The van der Waals surface area contributed by atoms with E-state index in [2.05, 4.69) is 5.32 Å². The van der Waals surface area contributed by atoms with Crippen molar-refractivity contribution in [1.29, 1.82) is 0 Å². The molecule has 0 bridgehead atoms. The highest BCUT2D eigenvalue weighted by atomic mass is 16.4. The van der Waals surface area contributed by atoms with Gasteiger partial charge in [-0.15, -0.1) is 0 Å². The van der Waals surface area contributed by atoms with Crippen molar-refractivity contribution in [3.05, 3.63) is 64.7 Å². The number of hydrogen-bond acceptors (Lipinski definition) is 3. The van der Waals surface area contributed by atoms with E-state index in [1.807, 2.05) is 6.92 Å². The van der Waals surface area contributed by atoms with Gasteiger partial charge >= 0.3 is 11.9 Å². The monoisotopic (exact) mass is 299 g/mol. The van der Waals surface area contributed by atoms with Crippen molar-refractivity contribution in [2.75, 3.05) is 5.32 Å². The van der Waals surface area contributed by atoms with Gasteiger partial charge in [-0.05, 0) is 37.3 Å². The van der Waals surface area contributed by atoms with E-state index in [-0.39, 0.29) is 16.8 Å². The van der Waals surface area contributed by atoms with Gasteiger partial charge in [0.25, 0.3) is 5.91 Å². The quantitative estimate of drug-likeness (QED) is 0.805. The molecule has 0 aliphatic heterocycles. The summed E-state index contributed by atoms with van der Waals surface area (Å²) in [6, 6.07) is 10.2. The van der Waals surface area contributed by atoms with Gasteiger partial charge in [-0.25, -0.2) is 9.59 Å². The molecule has 0 aliphatic carbocycles. The maximum atomic E-state index is 12.1. The van der Waals surface area contributed by atoms with Crippen LogP contribution in [0.15, 0.2) is 42.5 Å². The normalized spacial score (nSPS) is 10.0. The van der Waals surface area contributed by atoms with Crippen molar-refractivity contribution in [2.45, 2.75) is 6.92 Å². The van der Waals surface area contributed by atoms with E-state index in [4.69, 9.17) is 10.2 Å². The zero-order chi connectivity index (χ0) is 16.3. The molecular weight excluding hydrogens is 286 g/mol. The lowest BCUT2D eigenvalue weighted by atomic mass is 10.1. The Morgan fingerprint density at radius 3 is 2.00 bits per heavy atom. The molecule has 112 valence electrons. The Labute approximate surface area is 126 Å². The highest BCUT2D eigenvalue weighted by molar-refractivity contribution is 6.08. The van der Waals surface area contributed by atoms with Crippen LogP contribution < -0.4 is 5.32 Å². The first-order chi connectivity index (χ1) is 10.4. The molecule has 0 aliphatic rings. The molecule has 1 amide bonds. The Bertz CT molecular complexity index is 750. The molecule has 0 atom stereocenters. The molecule has 0 aromatic heterocycles. The predicted octanol–water partition coefficient (Wildman–Crippen LogP) is 2.64. The van der Waals surface area contributed by atoms with E-state index >= 15 is 0 Å². The van der Waals surface area contributed by atoms with Gasteiger partial charge in [-0.1, -0.05) is 17.7 Å². The third-order valence-corrected chi connectivity index (χ3v) is 3.06. The first kappa shape index (κ1) is 15.2. The molecule has 0 fully saturated rings. The number of anilines is 1. The van der Waals surface area contributed by atoms with Crippen LogP contribution in [0.1, 0.15) is 36.6 Å². The van der Waals surface area contributed by atoms with E-state index in [1.165, 1.54) is 6.07 Å². The molecule has 0 heterocycles. The first-order valence-electron chi connectivity index (χ1n) is 6.37. The van der Waals surface area contributed by atoms with E-state index in [0.29, 0.717) is 5.56 Å². The first-order valence-corrected chi connectivity index (χ1v) is 6.37. The van der Waals surface area contributed by atoms with Crippen molar-refractivity contribution in [3.63, 3.8) is 0 Å². The summed E-state index contributed by atoms with van der Waals surface area (Å²) in [4.78, 5) is 34.3. The van der Waals surface area contributed by atoms with Crippen molar-refractivity contribution >= 4 is 23.5 Å². The summed E-state index contributed by atoms with van der Waals surface area (Å²) in [5.41, 5.74) is 0.992. The topological polar surface area (TPSA) is 104 Å². The lowest BCUT2D eigenvalue weighted by Crippen LogP contribution is -2.15. The van der Waals surface area contributed by atoms with E-state index in [0.717, 1.165) is 17.7 Å². The van der Waals surface area contributed by atoms with Crippen LogP contribution in [0.3, 0.4) is 0 Å². The Hall–Kier alpha value is -3.15. The number of nitrogens with one attached hydrogen (secondary N) is 1. The van der Waals surface area contributed by atoms with Crippen LogP contribution >= 0.6 is 0 Å². The molecule has 0 spiro atoms. The smallest absolute Gasteiger partial charge is 0.337 e. The maximum Gasteiger partial charge on any atom is 0.337 e. The number of carboxylic acid groups (broad SMARTS) is 2. The van der Waals surface area contributed by atoms with Crippen molar-refractivity contribution in [1.82, 2.24) is 0 Å². The molecule has 2 rings (SSSR count). The molecule has 6 heteroatoms. The number of aryl methyl sites for hydroxylation is 1. The van der Waals surface area contributed by atoms with E-state index in [1.54, 1.807) is 24.3 Å². The number of carboxylic acids is 2. The largest absolute Gasteiger partial charge is 0.478 e. The third-order valence-electron chi connectivity index (χ3n) is 3.06. The van der Waals surface area contributed by atoms with Gasteiger partial charge in [0.05, 0.1) is 16.8 Å². The molecule has 3 N–H and O–H groups in total. The fourth-order valence-corrected chi connectivity index (χ4v) is 1.87. The number of hydrogen-bond donors (Lipinski definition) is 3. The molecule has 2 aromatic carbocycles. The number of amides is 1. The van der Waals surface area contributed by atoms with Crippen LogP contribution in [0.2, 0.25) is 0 Å². The summed E-state index contributed by atoms with van der Waals surface area (Å²) in [5, 5.41) is 20.5. The van der Waals surface area contributed by atoms with E-state index < -0.39 is 17.8 Å². The summed E-state index contributed by atoms with van der Waals surface area (Å²) < 4.78 is 0. The highest BCUT2D eigenvalue weighted by Crippen LogP contribution is 2.19. The van der Waals surface area contributed by atoms with Gasteiger partial charge in [-0.2, -0.15) is 0 Å². The van der Waals surface area contributed by atoms with Crippen LogP contribution in [-0.4, -0.2) is 28.1 Å². The zero-order valence-electron chi connectivity index (χ0n) is 11.7. The summed E-state index contributed by atoms with van der Waals surface area (Å²) >= 11 is 0. The minimum absolute atomic E-state index is 0.0574. The van der Waals surface area contributed by atoms with Gasteiger partial charge in [0.1, 0.15) is 0 Å². The minimum atomic E-state index is -1.25. The zero-order valence-corrected chi connectivity index (χ0v) is 11.7. The van der Waals surface area contributed by atoms with Crippen LogP contribution in [-0.2, 0) is 0 Å². The fraction of sp³-hybridized carbons (Fsp3) is 0.0625. The lowest BCUT2D eigenvalue weighted by molar-refractivity contribution is 0.0682. The number of aromatic carboxylic acids is 2. The summed E-state index contributed by atoms with van der Waals surface area (Å²) in [5.74, 6) is -2.97. The van der Waals surface area contributed by atoms with Crippen LogP contribution in [0.5, 0.6) is 0 Å². The molecule has 22 heavy (non-hydrogen) atoms. The Morgan fingerprint density at radius 2 is 1.45 bits per heavy atom. The second kappa shape index (κ2) is 6.09. The molecular formula is C16H13NO5. The fourth-order valence-electron chi connectivity index (χ4n) is 1.87. The average Bonchev–Trinajstić information content (AvgIpc) is 2.47. The SMILES string of the molecule is Cc1ccc(C(=O)Nc2cc(C(=O)O)ccc2C(=O)O)cc1. The third kappa shape index (κ3) is 3.29. The Balaban J connectivity index is 2.36. The molecule has 6 nitrogen and oxygen atoms in total. The molecule has 0 saturated carbocycles. The number of carbonyl (C=O) groups is 3. The molecule has 0 unspecified atom stereocenters. The van der Waals surface area contributed by atoms with Gasteiger partial charge < -0.3 is 15.5 Å². The molecule has 2 aromatic rings. The Kier molecular flexibility index (Phi) is 4.22. The summed E-state index contributed by atoms with van der Waals surface area (Å²) in [6.45, 7) is 1.88. The van der Waals surface area contributed by atoms with Gasteiger partial charge in [0.2, 0.25) is 0 Å². The van der Waals surface area contributed by atoms with Crippen molar-refractivity contribution < 1.29 is 24.6 Å². The lowest BCUT2D eigenvalue weighted by Gasteiger charge is -2.10. The predicted molar refractivity (Wildman–Crippen MR) is 79.5 cm³/mol. The second-order valence-corrected chi connectivity index (χ2v) is 4.69. The second-order valence-electron chi connectivity index (χ2n) is 4.69. The summed E-state index contributed by atoms with van der Waals surface area (Å²) in [6.07, 6.45) is 0. The Morgan fingerprint density at radius 1 is 0.864 bits per heavy atom. The number of rotatable bonds is 4. The standard InChI is InChI=1S/C16H13NO5/c1-9-2-4-10(5-3-9)14(18)17-13-8-11(15(19)20)6-7-12(13)16(21)22/h2-8H,1H3,(H,17,18)(H,19,20)(H,21,22). The number of benzene rings is 2. The van der Waals surface area contributed by atoms with Gasteiger partial charge in [0, 0.05) is 5.56 Å². The minimum Gasteiger partial charge on any atom is -0.478 e. The summed E-state index contributed by atoms with van der Waals surface area (Å²) in [7, 11) is 0. The van der Waals surface area contributed by atoms with Crippen LogP contribution in [0.4, 0.5) is 5.69 Å².